The predicted molar refractivity (Wildman–Crippen MR) is 81.6 cm³/mol. The lowest BCUT2D eigenvalue weighted by Crippen LogP contribution is -2.35. The quantitative estimate of drug-likeness (QED) is 0.868. The van der Waals surface area contributed by atoms with Gasteiger partial charge in [-0.2, -0.15) is 0 Å². The normalized spacial score (nSPS) is 12.2. The number of likely N-dealkylation sites (N-methyl/N-ethyl adjacent to an activating group) is 1. The summed E-state index contributed by atoms with van der Waals surface area (Å²) in [5.41, 5.74) is 6.48. The minimum Gasteiger partial charge on any atom is -0.382 e. The van der Waals surface area contributed by atoms with Gasteiger partial charge in [0.05, 0.1) is 6.04 Å². The van der Waals surface area contributed by atoms with Crippen molar-refractivity contribution >= 4 is 11.7 Å². The lowest BCUT2D eigenvalue weighted by molar-refractivity contribution is 0.0937. The Morgan fingerprint density at radius 2 is 2.09 bits per heavy atom. The van der Waals surface area contributed by atoms with Gasteiger partial charge in [-0.25, -0.2) is 14.4 Å². The number of hydrogen-bond acceptors (Lipinski definition) is 5. The molecule has 0 aliphatic heterocycles. The molecule has 0 aliphatic carbocycles. The lowest BCUT2D eigenvalue weighted by atomic mass is 10.1. The maximum absolute atomic E-state index is 13.4. The molecule has 7 heteroatoms. The van der Waals surface area contributed by atoms with Crippen molar-refractivity contribution in [2.75, 3.05) is 26.4 Å². The molecule has 22 heavy (non-hydrogen) atoms. The summed E-state index contributed by atoms with van der Waals surface area (Å²) in [4.78, 5) is 21.7. The molecule has 1 unspecified atom stereocenters. The van der Waals surface area contributed by atoms with Crippen LogP contribution in [0.3, 0.4) is 0 Å². The standard InChI is InChI=1S/C15H18FN5O/c1-21(2)12(10-4-3-5-11(16)8-10)9-20-15(22)13-14(17)19-7-6-18-13/h3-8,12H,9H2,1-2H3,(H2,17,19)(H,20,22). The first-order valence-electron chi connectivity index (χ1n) is 6.75. The van der Waals surface area contributed by atoms with Gasteiger partial charge in [0.25, 0.3) is 5.91 Å². The number of nitrogen functional groups attached to an aromatic ring is 1. The van der Waals surface area contributed by atoms with Crippen molar-refractivity contribution in [3.8, 4) is 0 Å². The Kier molecular flexibility index (Phi) is 5.00. The fourth-order valence-electron chi connectivity index (χ4n) is 2.11. The van der Waals surface area contributed by atoms with Crippen molar-refractivity contribution < 1.29 is 9.18 Å². The van der Waals surface area contributed by atoms with Crippen LogP contribution in [-0.4, -0.2) is 41.4 Å². The maximum atomic E-state index is 13.4. The summed E-state index contributed by atoms with van der Waals surface area (Å²) in [7, 11) is 3.72. The molecule has 0 saturated carbocycles. The van der Waals surface area contributed by atoms with Gasteiger partial charge in [0, 0.05) is 18.9 Å². The van der Waals surface area contributed by atoms with E-state index in [4.69, 9.17) is 5.73 Å². The fourth-order valence-corrected chi connectivity index (χ4v) is 2.11. The van der Waals surface area contributed by atoms with E-state index in [9.17, 15) is 9.18 Å². The van der Waals surface area contributed by atoms with E-state index in [2.05, 4.69) is 15.3 Å². The highest BCUT2D eigenvalue weighted by atomic mass is 19.1. The molecule has 0 fully saturated rings. The summed E-state index contributed by atoms with van der Waals surface area (Å²) in [5.74, 6) is -0.644. The number of anilines is 1. The Morgan fingerprint density at radius 3 is 2.73 bits per heavy atom. The molecule has 0 aliphatic rings. The molecule has 2 aromatic rings. The summed E-state index contributed by atoms with van der Waals surface area (Å²) in [5, 5.41) is 2.75. The van der Waals surface area contributed by atoms with Crippen molar-refractivity contribution in [3.63, 3.8) is 0 Å². The molecular weight excluding hydrogens is 285 g/mol. The molecule has 3 N–H and O–H groups in total. The third-order valence-corrected chi connectivity index (χ3v) is 3.25. The molecule has 0 radical (unpaired) electrons. The zero-order chi connectivity index (χ0) is 16.1. The summed E-state index contributed by atoms with van der Waals surface area (Å²) in [6.45, 7) is 0.297. The van der Waals surface area contributed by atoms with E-state index in [1.807, 2.05) is 25.1 Å². The summed E-state index contributed by atoms with van der Waals surface area (Å²) >= 11 is 0. The molecule has 0 saturated heterocycles. The Bertz CT molecular complexity index is 662. The number of nitrogens with one attached hydrogen (secondary N) is 1. The van der Waals surface area contributed by atoms with Crippen molar-refractivity contribution in [2.24, 2.45) is 0 Å². The predicted octanol–water partition coefficient (Wildman–Crippen LogP) is 1.23. The van der Waals surface area contributed by atoms with Gasteiger partial charge in [-0.1, -0.05) is 12.1 Å². The molecule has 1 heterocycles. The van der Waals surface area contributed by atoms with Crippen LogP contribution in [0.5, 0.6) is 0 Å². The molecule has 1 amide bonds. The van der Waals surface area contributed by atoms with E-state index in [-0.39, 0.29) is 23.4 Å². The monoisotopic (exact) mass is 303 g/mol. The first kappa shape index (κ1) is 15.8. The van der Waals surface area contributed by atoms with Gasteiger partial charge in [-0.05, 0) is 31.8 Å². The van der Waals surface area contributed by atoms with Crippen LogP contribution in [0.15, 0.2) is 36.7 Å². The molecule has 1 aromatic carbocycles. The summed E-state index contributed by atoms with van der Waals surface area (Å²) in [6, 6.07) is 6.13. The average molecular weight is 303 g/mol. The van der Waals surface area contributed by atoms with Gasteiger partial charge in [0.2, 0.25) is 0 Å². The second kappa shape index (κ2) is 6.95. The number of hydrogen-bond donors (Lipinski definition) is 2. The van der Waals surface area contributed by atoms with Crippen LogP contribution >= 0.6 is 0 Å². The highest BCUT2D eigenvalue weighted by molar-refractivity contribution is 5.96. The Labute approximate surface area is 128 Å². The molecule has 1 atom stereocenters. The fraction of sp³-hybridized carbons (Fsp3) is 0.267. The van der Waals surface area contributed by atoms with Gasteiger partial charge in [0.15, 0.2) is 11.5 Å². The molecular formula is C15H18FN5O. The third-order valence-electron chi connectivity index (χ3n) is 3.25. The second-order valence-electron chi connectivity index (χ2n) is 5.03. The van der Waals surface area contributed by atoms with Gasteiger partial charge in [-0.15, -0.1) is 0 Å². The number of rotatable bonds is 5. The smallest absolute Gasteiger partial charge is 0.273 e. The van der Waals surface area contributed by atoms with Crippen LogP contribution < -0.4 is 11.1 Å². The van der Waals surface area contributed by atoms with Crippen LogP contribution in [0.2, 0.25) is 0 Å². The topological polar surface area (TPSA) is 84.1 Å². The van der Waals surface area contributed by atoms with E-state index < -0.39 is 5.91 Å². The first-order valence-corrected chi connectivity index (χ1v) is 6.75. The number of nitrogens with two attached hydrogens (primary N) is 1. The van der Waals surface area contributed by atoms with Crippen molar-refractivity contribution in [1.82, 2.24) is 20.2 Å². The zero-order valence-electron chi connectivity index (χ0n) is 12.5. The molecule has 2 rings (SSSR count). The van der Waals surface area contributed by atoms with Crippen LogP contribution in [0.4, 0.5) is 10.2 Å². The SMILES string of the molecule is CN(C)C(CNC(=O)c1nccnc1N)c1cccc(F)c1. The molecule has 1 aromatic heterocycles. The Morgan fingerprint density at radius 1 is 1.36 bits per heavy atom. The molecule has 0 bridgehead atoms. The Hall–Kier alpha value is -2.54. The van der Waals surface area contributed by atoms with Gasteiger partial charge in [0.1, 0.15) is 5.82 Å². The van der Waals surface area contributed by atoms with Crippen LogP contribution in [-0.2, 0) is 0 Å². The highest BCUT2D eigenvalue weighted by Gasteiger charge is 2.18. The van der Waals surface area contributed by atoms with E-state index in [1.165, 1.54) is 24.5 Å². The van der Waals surface area contributed by atoms with Crippen molar-refractivity contribution in [3.05, 3.63) is 53.7 Å². The van der Waals surface area contributed by atoms with Crippen molar-refractivity contribution in [1.29, 1.82) is 0 Å². The second-order valence-corrected chi connectivity index (χ2v) is 5.03. The molecule has 0 spiro atoms. The number of halogens is 1. The van der Waals surface area contributed by atoms with Crippen molar-refractivity contribution in [2.45, 2.75) is 6.04 Å². The van der Waals surface area contributed by atoms with Crippen LogP contribution in [0, 0.1) is 5.82 Å². The number of aromatic nitrogens is 2. The minimum atomic E-state index is -0.408. The van der Waals surface area contributed by atoms with Gasteiger partial charge >= 0.3 is 0 Å². The zero-order valence-corrected chi connectivity index (χ0v) is 12.5. The highest BCUT2D eigenvalue weighted by Crippen LogP contribution is 2.18. The van der Waals surface area contributed by atoms with E-state index in [0.29, 0.717) is 6.54 Å². The Balaban J connectivity index is 2.10. The molecule has 6 nitrogen and oxygen atoms in total. The third kappa shape index (κ3) is 3.76. The number of amides is 1. The average Bonchev–Trinajstić information content (AvgIpc) is 2.47. The van der Waals surface area contributed by atoms with E-state index >= 15 is 0 Å². The summed E-state index contributed by atoms with van der Waals surface area (Å²) < 4.78 is 13.4. The number of carbonyl (C=O) groups is 1. The minimum absolute atomic E-state index is 0.0761. The maximum Gasteiger partial charge on any atom is 0.273 e. The van der Waals surface area contributed by atoms with Gasteiger partial charge in [-0.3, -0.25) is 4.79 Å². The van der Waals surface area contributed by atoms with E-state index in [0.717, 1.165) is 5.56 Å². The molecule has 116 valence electrons. The largest absolute Gasteiger partial charge is 0.382 e. The number of carbonyl (C=O) groups excluding carboxylic acids is 1. The lowest BCUT2D eigenvalue weighted by Gasteiger charge is -2.25. The van der Waals surface area contributed by atoms with Crippen LogP contribution in [0.25, 0.3) is 0 Å². The van der Waals surface area contributed by atoms with E-state index in [1.54, 1.807) is 6.07 Å². The van der Waals surface area contributed by atoms with Crippen LogP contribution in [0.1, 0.15) is 22.1 Å². The summed E-state index contributed by atoms with van der Waals surface area (Å²) in [6.07, 6.45) is 2.82. The number of nitrogens with zero attached hydrogens (tertiary/aromatic N) is 3. The first-order chi connectivity index (χ1) is 10.5. The number of benzene rings is 1. The van der Waals surface area contributed by atoms with Gasteiger partial charge < -0.3 is 16.0 Å².